The maximum atomic E-state index is 11.7. The van der Waals surface area contributed by atoms with Crippen LogP contribution in [-0.2, 0) is 11.3 Å². The first-order valence-electron chi connectivity index (χ1n) is 5.16. The quantitative estimate of drug-likeness (QED) is 0.795. The molecule has 0 saturated carbocycles. The fourth-order valence-electron chi connectivity index (χ4n) is 1.24. The SMILES string of the molecule is CCN(C)C(=O)C(C)NCc1ccco1. The van der Waals surface area contributed by atoms with Crippen LogP contribution < -0.4 is 5.32 Å². The van der Waals surface area contributed by atoms with Crippen LogP contribution in [-0.4, -0.2) is 30.4 Å². The van der Waals surface area contributed by atoms with Gasteiger partial charge in [0.25, 0.3) is 0 Å². The van der Waals surface area contributed by atoms with Crippen molar-refractivity contribution in [2.24, 2.45) is 0 Å². The van der Waals surface area contributed by atoms with Crippen LogP contribution >= 0.6 is 0 Å². The van der Waals surface area contributed by atoms with Crippen molar-refractivity contribution in [3.8, 4) is 0 Å². The van der Waals surface area contributed by atoms with Crippen molar-refractivity contribution in [1.29, 1.82) is 0 Å². The number of nitrogens with zero attached hydrogens (tertiary/aromatic N) is 1. The molecular formula is C11H18N2O2. The van der Waals surface area contributed by atoms with E-state index in [-0.39, 0.29) is 11.9 Å². The van der Waals surface area contributed by atoms with Gasteiger partial charge in [-0.25, -0.2) is 0 Å². The zero-order valence-corrected chi connectivity index (χ0v) is 9.49. The number of likely N-dealkylation sites (N-methyl/N-ethyl adjacent to an activating group) is 1. The standard InChI is InChI=1S/C11H18N2O2/c1-4-13(3)11(14)9(2)12-8-10-6-5-7-15-10/h5-7,9,12H,4,8H2,1-3H3. The first-order valence-corrected chi connectivity index (χ1v) is 5.16. The second-order valence-corrected chi connectivity index (χ2v) is 3.53. The van der Waals surface area contributed by atoms with Crippen LogP contribution in [0, 0.1) is 0 Å². The van der Waals surface area contributed by atoms with Gasteiger partial charge in [-0.15, -0.1) is 0 Å². The smallest absolute Gasteiger partial charge is 0.239 e. The third-order valence-electron chi connectivity index (χ3n) is 2.38. The minimum atomic E-state index is -0.181. The Morgan fingerprint density at radius 2 is 2.40 bits per heavy atom. The van der Waals surface area contributed by atoms with Crippen molar-refractivity contribution in [2.45, 2.75) is 26.4 Å². The minimum absolute atomic E-state index is 0.101. The second kappa shape index (κ2) is 5.56. The molecule has 1 atom stereocenters. The molecule has 4 nitrogen and oxygen atoms in total. The van der Waals surface area contributed by atoms with E-state index in [1.165, 1.54) is 0 Å². The number of hydrogen-bond acceptors (Lipinski definition) is 3. The summed E-state index contributed by atoms with van der Waals surface area (Å²) in [5.74, 6) is 0.942. The lowest BCUT2D eigenvalue weighted by atomic mass is 10.3. The lowest BCUT2D eigenvalue weighted by Crippen LogP contribution is -2.42. The van der Waals surface area contributed by atoms with Crippen molar-refractivity contribution in [3.63, 3.8) is 0 Å². The zero-order chi connectivity index (χ0) is 11.3. The molecule has 0 aliphatic rings. The second-order valence-electron chi connectivity index (χ2n) is 3.53. The van der Waals surface area contributed by atoms with E-state index < -0.39 is 0 Å². The monoisotopic (exact) mass is 210 g/mol. The summed E-state index contributed by atoms with van der Waals surface area (Å²) in [6.07, 6.45) is 1.63. The van der Waals surface area contributed by atoms with E-state index >= 15 is 0 Å². The number of furan rings is 1. The Bertz CT molecular complexity index is 296. The summed E-state index contributed by atoms with van der Waals surface area (Å²) in [7, 11) is 1.80. The lowest BCUT2D eigenvalue weighted by Gasteiger charge is -2.20. The summed E-state index contributed by atoms with van der Waals surface area (Å²) in [5.41, 5.74) is 0. The highest BCUT2D eigenvalue weighted by Gasteiger charge is 2.15. The molecule has 0 aromatic carbocycles. The summed E-state index contributed by atoms with van der Waals surface area (Å²) in [5, 5.41) is 3.12. The molecular weight excluding hydrogens is 192 g/mol. The number of hydrogen-bond donors (Lipinski definition) is 1. The Morgan fingerprint density at radius 3 is 2.93 bits per heavy atom. The van der Waals surface area contributed by atoms with Crippen LogP contribution in [0.15, 0.2) is 22.8 Å². The molecule has 84 valence electrons. The van der Waals surface area contributed by atoms with Gasteiger partial charge in [0, 0.05) is 13.6 Å². The van der Waals surface area contributed by atoms with Crippen molar-refractivity contribution < 1.29 is 9.21 Å². The first-order chi connectivity index (χ1) is 7.15. The average Bonchev–Trinajstić information content (AvgIpc) is 2.76. The molecule has 0 saturated heterocycles. The van der Waals surface area contributed by atoms with Gasteiger partial charge in [0.1, 0.15) is 5.76 Å². The van der Waals surface area contributed by atoms with Crippen LogP contribution in [0.3, 0.4) is 0 Å². The Hall–Kier alpha value is -1.29. The van der Waals surface area contributed by atoms with Crippen molar-refractivity contribution in [2.75, 3.05) is 13.6 Å². The summed E-state index contributed by atoms with van der Waals surface area (Å²) >= 11 is 0. The van der Waals surface area contributed by atoms with E-state index in [1.54, 1.807) is 18.2 Å². The van der Waals surface area contributed by atoms with Gasteiger partial charge in [-0.05, 0) is 26.0 Å². The molecule has 0 aliphatic carbocycles. The van der Waals surface area contributed by atoms with Crippen molar-refractivity contribution in [1.82, 2.24) is 10.2 Å². The van der Waals surface area contributed by atoms with Crippen LogP contribution in [0.1, 0.15) is 19.6 Å². The van der Waals surface area contributed by atoms with Crippen LogP contribution in [0.5, 0.6) is 0 Å². The highest BCUT2D eigenvalue weighted by molar-refractivity contribution is 5.81. The Morgan fingerprint density at radius 1 is 1.67 bits per heavy atom. The molecule has 1 unspecified atom stereocenters. The van der Waals surface area contributed by atoms with E-state index in [0.29, 0.717) is 6.54 Å². The normalized spacial score (nSPS) is 12.5. The fraction of sp³-hybridized carbons (Fsp3) is 0.545. The predicted molar refractivity (Wildman–Crippen MR) is 58.3 cm³/mol. The molecule has 1 amide bonds. The van der Waals surface area contributed by atoms with Crippen molar-refractivity contribution >= 4 is 5.91 Å². The summed E-state index contributed by atoms with van der Waals surface area (Å²) in [6.45, 7) is 5.12. The first kappa shape index (κ1) is 11.8. The number of nitrogens with one attached hydrogen (secondary N) is 1. The molecule has 4 heteroatoms. The number of amides is 1. The van der Waals surface area contributed by atoms with Crippen LogP contribution in [0.25, 0.3) is 0 Å². The molecule has 0 bridgehead atoms. The fourth-order valence-corrected chi connectivity index (χ4v) is 1.24. The van der Waals surface area contributed by atoms with Gasteiger partial charge in [-0.2, -0.15) is 0 Å². The molecule has 0 fully saturated rings. The minimum Gasteiger partial charge on any atom is -0.468 e. The Kier molecular flexibility index (Phi) is 4.37. The molecule has 15 heavy (non-hydrogen) atoms. The largest absolute Gasteiger partial charge is 0.468 e. The van der Waals surface area contributed by atoms with Gasteiger partial charge in [0.15, 0.2) is 0 Å². The van der Waals surface area contributed by atoms with Crippen LogP contribution in [0.2, 0.25) is 0 Å². The molecule has 1 aromatic rings. The topological polar surface area (TPSA) is 45.5 Å². The third-order valence-corrected chi connectivity index (χ3v) is 2.38. The number of carbonyl (C=O) groups is 1. The van der Waals surface area contributed by atoms with Gasteiger partial charge < -0.3 is 9.32 Å². The van der Waals surface area contributed by atoms with Gasteiger partial charge >= 0.3 is 0 Å². The maximum Gasteiger partial charge on any atom is 0.239 e. The highest BCUT2D eigenvalue weighted by atomic mass is 16.3. The van der Waals surface area contributed by atoms with Gasteiger partial charge in [0.2, 0.25) is 5.91 Å². The van der Waals surface area contributed by atoms with E-state index in [2.05, 4.69) is 5.32 Å². The number of rotatable bonds is 5. The van der Waals surface area contributed by atoms with E-state index in [0.717, 1.165) is 12.3 Å². The Balaban J connectivity index is 2.35. The molecule has 1 heterocycles. The summed E-state index contributed by atoms with van der Waals surface area (Å²) < 4.78 is 5.16. The lowest BCUT2D eigenvalue weighted by molar-refractivity contribution is -0.131. The summed E-state index contributed by atoms with van der Waals surface area (Å²) in [4.78, 5) is 13.4. The van der Waals surface area contributed by atoms with Gasteiger partial charge in [-0.3, -0.25) is 10.1 Å². The predicted octanol–water partition coefficient (Wildman–Crippen LogP) is 1.24. The van der Waals surface area contributed by atoms with E-state index in [9.17, 15) is 4.79 Å². The molecule has 1 rings (SSSR count). The van der Waals surface area contributed by atoms with E-state index in [1.807, 2.05) is 26.0 Å². The molecule has 0 radical (unpaired) electrons. The third kappa shape index (κ3) is 3.40. The van der Waals surface area contributed by atoms with E-state index in [4.69, 9.17) is 4.42 Å². The highest BCUT2D eigenvalue weighted by Crippen LogP contribution is 2.00. The molecule has 0 aliphatic heterocycles. The maximum absolute atomic E-state index is 11.7. The van der Waals surface area contributed by atoms with Crippen molar-refractivity contribution in [3.05, 3.63) is 24.2 Å². The van der Waals surface area contributed by atoms with Crippen LogP contribution in [0.4, 0.5) is 0 Å². The van der Waals surface area contributed by atoms with Gasteiger partial charge in [-0.1, -0.05) is 0 Å². The zero-order valence-electron chi connectivity index (χ0n) is 9.49. The average molecular weight is 210 g/mol. The van der Waals surface area contributed by atoms with Gasteiger partial charge in [0.05, 0.1) is 18.8 Å². The molecule has 1 aromatic heterocycles. The Labute approximate surface area is 90.3 Å². The molecule has 0 spiro atoms. The molecule has 1 N–H and O–H groups in total. The number of carbonyl (C=O) groups excluding carboxylic acids is 1. The summed E-state index contributed by atoms with van der Waals surface area (Å²) in [6, 6.07) is 3.54.